The zero-order valence-electron chi connectivity index (χ0n) is 7.67. The quantitative estimate of drug-likeness (QED) is 0.186. The molecule has 0 heterocycles. The molecule has 11 heavy (non-hydrogen) atoms. The van der Waals surface area contributed by atoms with Crippen molar-refractivity contribution >= 4 is 6.21 Å². The average molecular weight is 272 g/mol. The lowest BCUT2D eigenvalue weighted by molar-refractivity contribution is -0.870. The van der Waals surface area contributed by atoms with Crippen molar-refractivity contribution < 1.29 is 33.3 Å². The summed E-state index contributed by atoms with van der Waals surface area (Å²) in [7, 11) is 6.37. The number of likely N-dealkylation sites (N-methyl/N-ethyl adjacent to an activating group) is 1. The van der Waals surface area contributed by atoms with Crippen molar-refractivity contribution in [3.05, 3.63) is 0 Å². The van der Waals surface area contributed by atoms with Crippen LogP contribution in [0.5, 0.6) is 0 Å². The number of rotatable bonds is 4. The number of oxime groups is 1. The van der Waals surface area contributed by atoms with Crippen LogP contribution < -0.4 is 24.0 Å². The molecule has 0 rings (SSSR count). The molecule has 0 fully saturated rings. The van der Waals surface area contributed by atoms with Crippen molar-refractivity contribution in [2.45, 2.75) is 6.92 Å². The lowest BCUT2D eigenvalue weighted by atomic mass is 10.5. The number of hydrogen-bond acceptors (Lipinski definition) is 2. The molecule has 0 aromatic heterocycles. The fourth-order valence-electron chi connectivity index (χ4n) is 0.442. The van der Waals surface area contributed by atoms with Gasteiger partial charge in [0, 0.05) is 6.21 Å². The maximum Gasteiger partial charge on any atom is 0.165 e. The summed E-state index contributed by atoms with van der Waals surface area (Å²) < 4.78 is 0.916. The topological polar surface area (TPSA) is 21.6 Å². The van der Waals surface area contributed by atoms with E-state index in [-0.39, 0.29) is 24.0 Å². The van der Waals surface area contributed by atoms with E-state index in [1.165, 1.54) is 0 Å². The van der Waals surface area contributed by atoms with Crippen LogP contribution in [-0.2, 0) is 4.84 Å². The minimum absolute atomic E-state index is 0. The summed E-state index contributed by atoms with van der Waals surface area (Å²) in [5, 5.41) is 3.64. The molecule has 0 saturated heterocycles. The molecular formula is C7H17IN2O. The maximum atomic E-state index is 4.91. The molecule has 0 aliphatic heterocycles. The van der Waals surface area contributed by atoms with Gasteiger partial charge in [0.2, 0.25) is 0 Å². The zero-order chi connectivity index (χ0) is 8.04. The average Bonchev–Trinajstić information content (AvgIpc) is 1.78. The molecule has 0 aromatic carbocycles. The Bertz CT molecular complexity index is 109. The van der Waals surface area contributed by atoms with E-state index in [0.29, 0.717) is 6.61 Å². The van der Waals surface area contributed by atoms with Gasteiger partial charge in [0.25, 0.3) is 0 Å². The molecule has 0 bridgehead atoms. The van der Waals surface area contributed by atoms with Gasteiger partial charge in [-0.3, -0.25) is 0 Å². The highest BCUT2D eigenvalue weighted by Gasteiger charge is 2.04. The second-order valence-electron chi connectivity index (χ2n) is 3.21. The van der Waals surface area contributed by atoms with Crippen molar-refractivity contribution in [1.82, 2.24) is 0 Å². The molecular weight excluding hydrogens is 255 g/mol. The van der Waals surface area contributed by atoms with E-state index in [4.69, 9.17) is 4.84 Å². The lowest BCUT2D eigenvalue weighted by Crippen LogP contribution is -3.00. The molecule has 0 unspecified atom stereocenters. The molecule has 0 atom stereocenters. The van der Waals surface area contributed by atoms with Crippen molar-refractivity contribution in [1.29, 1.82) is 0 Å². The fraction of sp³-hybridized carbons (Fsp3) is 0.857. The number of quaternary nitrogens is 1. The fourth-order valence-corrected chi connectivity index (χ4v) is 0.442. The molecule has 3 nitrogen and oxygen atoms in total. The van der Waals surface area contributed by atoms with Crippen molar-refractivity contribution in [3.8, 4) is 0 Å². The summed E-state index contributed by atoms with van der Waals surface area (Å²) in [5.74, 6) is 0. The summed E-state index contributed by atoms with van der Waals surface area (Å²) in [5.41, 5.74) is 0. The first-order valence-corrected chi connectivity index (χ1v) is 3.46. The van der Waals surface area contributed by atoms with Crippen LogP contribution in [0.2, 0.25) is 0 Å². The van der Waals surface area contributed by atoms with E-state index < -0.39 is 0 Å². The zero-order valence-corrected chi connectivity index (χ0v) is 9.83. The highest BCUT2D eigenvalue weighted by molar-refractivity contribution is 5.52. The maximum absolute atomic E-state index is 4.91. The largest absolute Gasteiger partial charge is 1.00 e. The van der Waals surface area contributed by atoms with Crippen LogP contribution in [0.4, 0.5) is 0 Å². The third-order valence-electron chi connectivity index (χ3n) is 1.03. The second-order valence-corrected chi connectivity index (χ2v) is 3.21. The van der Waals surface area contributed by atoms with Crippen LogP contribution >= 0.6 is 0 Å². The molecule has 0 aromatic rings. The monoisotopic (exact) mass is 272 g/mol. The molecule has 4 heteroatoms. The van der Waals surface area contributed by atoms with E-state index in [1.807, 2.05) is 6.92 Å². The Balaban J connectivity index is 0. The Hall–Kier alpha value is 0.160. The van der Waals surface area contributed by atoms with Crippen LogP contribution in [0, 0.1) is 0 Å². The molecule has 68 valence electrons. The molecule has 0 amide bonds. The number of nitrogens with zero attached hydrogens (tertiary/aromatic N) is 2. The molecule has 0 N–H and O–H groups in total. The predicted octanol–water partition coefficient (Wildman–Crippen LogP) is -2.28. The molecule has 0 saturated carbocycles. The van der Waals surface area contributed by atoms with Gasteiger partial charge in [0.1, 0.15) is 6.54 Å². The summed E-state index contributed by atoms with van der Waals surface area (Å²) in [6.07, 6.45) is 1.65. The third-order valence-corrected chi connectivity index (χ3v) is 1.03. The summed E-state index contributed by atoms with van der Waals surface area (Å²) >= 11 is 0. The van der Waals surface area contributed by atoms with Gasteiger partial charge < -0.3 is 33.3 Å². The van der Waals surface area contributed by atoms with Crippen LogP contribution in [0.3, 0.4) is 0 Å². The second kappa shape index (κ2) is 6.84. The third kappa shape index (κ3) is 13.2. The van der Waals surface area contributed by atoms with E-state index in [2.05, 4.69) is 26.3 Å². The van der Waals surface area contributed by atoms with Gasteiger partial charge in [-0.15, -0.1) is 0 Å². The Morgan fingerprint density at radius 2 is 1.91 bits per heavy atom. The van der Waals surface area contributed by atoms with E-state index in [9.17, 15) is 0 Å². The van der Waals surface area contributed by atoms with Crippen LogP contribution in [0.25, 0.3) is 0 Å². The normalized spacial score (nSPS) is 11.3. The van der Waals surface area contributed by atoms with Gasteiger partial charge in [-0.25, -0.2) is 0 Å². The lowest BCUT2D eigenvalue weighted by Gasteiger charge is -2.22. The standard InChI is InChI=1S/C7H17N2O.HI/c1-5-8-10-7-6-9(2,3)4;/h5H,6-7H2,1-4H3;1H/q+1;/p-1/b8-5+;. The van der Waals surface area contributed by atoms with Crippen LogP contribution in [0.1, 0.15) is 6.92 Å². The Morgan fingerprint density at radius 1 is 1.36 bits per heavy atom. The van der Waals surface area contributed by atoms with Crippen molar-refractivity contribution in [2.24, 2.45) is 5.16 Å². The Kier molecular flexibility index (Phi) is 8.54. The SMILES string of the molecule is C/C=N/OCC[N+](C)(C)C.[I-]. The highest BCUT2D eigenvalue weighted by atomic mass is 127. The number of hydrogen-bond donors (Lipinski definition) is 0. The van der Waals surface area contributed by atoms with Crippen molar-refractivity contribution in [2.75, 3.05) is 34.3 Å². The first-order valence-electron chi connectivity index (χ1n) is 3.46. The van der Waals surface area contributed by atoms with Gasteiger partial charge >= 0.3 is 0 Å². The predicted molar refractivity (Wildman–Crippen MR) is 43.0 cm³/mol. The van der Waals surface area contributed by atoms with Gasteiger partial charge in [-0.2, -0.15) is 0 Å². The highest BCUT2D eigenvalue weighted by Crippen LogP contribution is 1.88. The minimum atomic E-state index is 0. The van der Waals surface area contributed by atoms with Gasteiger partial charge in [-0.05, 0) is 6.92 Å². The van der Waals surface area contributed by atoms with E-state index in [1.54, 1.807) is 6.21 Å². The molecule has 0 radical (unpaired) electrons. The van der Waals surface area contributed by atoms with E-state index in [0.717, 1.165) is 11.0 Å². The van der Waals surface area contributed by atoms with Crippen molar-refractivity contribution in [3.63, 3.8) is 0 Å². The van der Waals surface area contributed by atoms with Gasteiger partial charge in [0.05, 0.1) is 21.1 Å². The summed E-state index contributed by atoms with van der Waals surface area (Å²) in [6, 6.07) is 0. The first-order chi connectivity index (χ1) is 4.56. The summed E-state index contributed by atoms with van der Waals surface area (Å²) in [6.45, 7) is 3.51. The van der Waals surface area contributed by atoms with Gasteiger partial charge in [0.15, 0.2) is 6.61 Å². The smallest absolute Gasteiger partial charge is 0.165 e. The Labute approximate surface area is 86.0 Å². The molecule has 0 aliphatic rings. The summed E-state index contributed by atoms with van der Waals surface area (Å²) in [4.78, 5) is 4.91. The van der Waals surface area contributed by atoms with Gasteiger partial charge in [-0.1, -0.05) is 5.16 Å². The minimum Gasteiger partial charge on any atom is -1.00 e. The Morgan fingerprint density at radius 3 is 2.27 bits per heavy atom. The van der Waals surface area contributed by atoms with Crippen LogP contribution in [-0.4, -0.2) is 45.0 Å². The van der Waals surface area contributed by atoms with E-state index >= 15 is 0 Å². The molecule has 0 spiro atoms. The van der Waals surface area contributed by atoms with Crippen LogP contribution in [0.15, 0.2) is 5.16 Å². The molecule has 0 aliphatic carbocycles. The number of halogens is 1. The first kappa shape index (κ1) is 13.7.